The SMILES string of the molecule is C=CCN1C(=O)C(=Cc2ccc(-c3cc(Cl)cc(Cl)c3)cc2)C(=O)NC1=S. The Morgan fingerprint density at radius 3 is 2.26 bits per heavy atom. The van der Waals surface area contributed by atoms with Crippen LogP contribution >= 0.6 is 35.4 Å². The third-order valence-electron chi connectivity index (χ3n) is 3.92. The lowest BCUT2D eigenvalue weighted by molar-refractivity contribution is -0.128. The molecule has 0 aliphatic carbocycles. The van der Waals surface area contributed by atoms with E-state index in [1.54, 1.807) is 12.1 Å². The molecule has 0 unspecified atom stereocenters. The van der Waals surface area contributed by atoms with Crippen LogP contribution in [0.5, 0.6) is 0 Å². The molecule has 0 bridgehead atoms. The maximum atomic E-state index is 12.5. The number of hydrogen-bond donors (Lipinski definition) is 1. The van der Waals surface area contributed by atoms with E-state index in [1.807, 2.05) is 36.4 Å². The van der Waals surface area contributed by atoms with Crippen molar-refractivity contribution in [2.45, 2.75) is 0 Å². The predicted octanol–water partition coefficient (Wildman–Crippen LogP) is 4.47. The molecule has 2 aromatic rings. The minimum atomic E-state index is -0.518. The van der Waals surface area contributed by atoms with Gasteiger partial charge in [-0.25, -0.2) is 0 Å². The van der Waals surface area contributed by atoms with Crippen molar-refractivity contribution in [3.05, 3.63) is 76.3 Å². The van der Waals surface area contributed by atoms with Crippen LogP contribution in [0.1, 0.15) is 5.56 Å². The summed E-state index contributed by atoms with van der Waals surface area (Å²) in [6, 6.07) is 12.6. The molecule has 1 aliphatic heterocycles. The fraction of sp³-hybridized carbons (Fsp3) is 0.0500. The van der Waals surface area contributed by atoms with Crippen LogP contribution in [0, 0.1) is 0 Å². The number of hydrogen-bond acceptors (Lipinski definition) is 3. The van der Waals surface area contributed by atoms with Gasteiger partial charge >= 0.3 is 0 Å². The molecular weight excluding hydrogens is 403 g/mol. The number of amides is 2. The average molecular weight is 417 g/mol. The minimum absolute atomic E-state index is 0.0176. The van der Waals surface area contributed by atoms with Crippen LogP contribution in [0.2, 0.25) is 10.0 Å². The predicted molar refractivity (Wildman–Crippen MR) is 113 cm³/mol. The van der Waals surface area contributed by atoms with Crippen molar-refractivity contribution in [1.82, 2.24) is 10.2 Å². The highest BCUT2D eigenvalue weighted by atomic mass is 35.5. The van der Waals surface area contributed by atoms with E-state index in [0.29, 0.717) is 15.6 Å². The van der Waals surface area contributed by atoms with Gasteiger partial charge in [-0.1, -0.05) is 53.5 Å². The minimum Gasteiger partial charge on any atom is -0.298 e. The van der Waals surface area contributed by atoms with E-state index in [2.05, 4.69) is 11.9 Å². The molecule has 0 aromatic heterocycles. The van der Waals surface area contributed by atoms with Crippen LogP contribution in [-0.2, 0) is 9.59 Å². The van der Waals surface area contributed by atoms with Crippen LogP contribution in [-0.4, -0.2) is 28.4 Å². The molecule has 0 radical (unpaired) electrons. The Morgan fingerprint density at radius 2 is 1.67 bits per heavy atom. The van der Waals surface area contributed by atoms with Gasteiger partial charge in [0.05, 0.1) is 0 Å². The van der Waals surface area contributed by atoms with E-state index in [0.717, 1.165) is 11.1 Å². The Bertz CT molecular complexity index is 964. The molecule has 1 heterocycles. The van der Waals surface area contributed by atoms with Crippen molar-refractivity contribution in [3.8, 4) is 11.1 Å². The highest BCUT2D eigenvalue weighted by Crippen LogP contribution is 2.28. The molecule has 136 valence electrons. The summed E-state index contributed by atoms with van der Waals surface area (Å²) in [5, 5.41) is 3.69. The van der Waals surface area contributed by atoms with Crippen molar-refractivity contribution in [3.63, 3.8) is 0 Å². The molecular formula is C20H14Cl2N2O2S. The first-order valence-corrected chi connectivity index (χ1v) is 9.12. The van der Waals surface area contributed by atoms with Gasteiger partial charge in [0, 0.05) is 16.6 Å². The number of carbonyl (C=O) groups is 2. The van der Waals surface area contributed by atoms with E-state index >= 15 is 0 Å². The molecule has 1 saturated heterocycles. The summed E-state index contributed by atoms with van der Waals surface area (Å²) in [5.74, 6) is -0.967. The van der Waals surface area contributed by atoms with Gasteiger partial charge in [0.25, 0.3) is 11.8 Å². The number of thiocarbonyl (C=S) groups is 1. The quantitative estimate of drug-likeness (QED) is 0.346. The Balaban J connectivity index is 1.90. The molecule has 2 amide bonds. The summed E-state index contributed by atoms with van der Waals surface area (Å²) in [4.78, 5) is 26.0. The van der Waals surface area contributed by atoms with Crippen molar-refractivity contribution in [2.75, 3.05) is 6.54 Å². The smallest absolute Gasteiger partial charge is 0.265 e. The van der Waals surface area contributed by atoms with Crippen LogP contribution in [0.25, 0.3) is 17.2 Å². The van der Waals surface area contributed by atoms with Crippen molar-refractivity contribution < 1.29 is 9.59 Å². The van der Waals surface area contributed by atoms with Crippen LogP contribution in [0.4, 0.5) is 0 Å². The van der Waals surface area contributed by atoms with Gasteiger partial charge in [-0.2, -0.15) is 0 Å². The van der Waals surface area contributed by atoms with Crippen LogP contribution in [0.3, 0.4) is 0 Å². The Hall–Kier alpha value is -2.47. The number of nitrogens with one attached hydrogen (secondary N) is 1. The highest BCUT2D eigenvalue weighted by Gasteiger charge is 2.32. The summed E-state index contributed by atoms with van der Waals surface area (Å²) < 4.78 is 0. The molecule has 0 atom stereocenters. The Morgan fingerprint density at radius 1 is 1.04 bits per heavy atom. The zero-order chi connectivity index (χ0) is 19.6. The summed E-state index contributed by atoms with van der Waals surface area (Å²) in [5.41, 5.74) is 2.51. The second-order valence-electron chi connectivity index (χ2n) is 5.80. The third-order valence-corrected chi connectivity index (χ3v) is 4.67. The lowest BCUT2D eigenvalue weighted by atomic mass is 10.0. The van der Waals surface area contributed by atoms with Gasteiger partial charge < -0.3 is 0 Å². The zero-order valence-electron chi connectivity index (χ0n) is 14.0. The molecule has 27 heavy (non-hydrogen) atoms. The number of benzene rings is 2. The van der Waals surface area contributed by atoms with Gasteiger partial charge in [0.15, 0.2) is 5.11 Å². The number of nitrogens with zero attached hydrogens (tertiary/aromatic N) is 1. The average Bonchev–Trinajstić information content (AvgIpc) is 2.62. The summed E-state index contributed by atoms with van der Waals surface area (Å²) in [7, 11) is 0. The standard InChI is InChI=1S/C20H14Cl2N2O2S/c1-2-7-24-19(26)17(18(25)23-20(24)27)8-12-3-5-13(6-4-12)14-9-15(21)11-16(22)10-14/h2-6,8-11H,1,7H2,(H,23,25,27). The molecule has 2 aromatic carbocycles. The Kier molecular flexibility index (Phi) is 5.75. The van der Waals surface area contributed by atoms with Crippen molar-refractivity contribution >= 4 is 58.4 Å². The zero-order valence-corrected chi connectivity index (χ0v) is 16.4. The monoisotopic (exact) mass is 416 g/mol. The topological polar surface area (TPSA) is 49.4 Å². The number of rotatable bonds is 4. The molecule has 4 nitrogen and oxygen atoms in total. The summed E-state index contributed by atoms with van der Waals surface area (Å²) in [6.07, 6.45) is 3.08. The van der Waals surface area contributed by atoms with Crippen LogP contribution < -0.4 is 5.32 Å². The highest BCUT2D eigenvalue weighted by molar-refractivity contribution is 7.80. The lowest BCUT2D eigenvalue weighted by Gasteiger charge is -2.27. The van der Waals surface area contributed by atoms with E-state index in [4.69, 9.17) is 35.4 Å². The summed E-state index contributed by atoms with van der Waals surface area (Å²) in [6.45, 7) is 3.82. The maximum absolute atomic E-state index is 12.5. The van der Waals surface area contributed by atoms with Crippen molar-refractivity contribution in [2.24, 2.45) is 0 Å². The van der Waals surface area contributed by atoms with Gasteiger partial charge in [0.1, 0.15) is 5.57 Å². The normalized spacial score (nSPS) is 15.9. The third kappa shape index (κ3) is 4.27. The van der Waals surface area contributed by atoms with Crippen molar-refractivity contribution in [1.29, 1.82) is 0 Å². The fourth-order valence-corrected chi connectivity index (χ4v) is 3.42. The second kappa shape index (κ2) is 8.05. The summed E-state index contributed by atoms with van der Waals surface area (Å²) >= 11 is 17.1. The first-order chi connectivity index (χ1) is 12.9. The molecule has 1 N–H and O–H groups in total. The van der Waals surface area contributed by atoms with Gasteiger partial charge in [-0.3, -0.25) is 19.8 Å². The second-order valence-corrected chi connectivity index (χ2v) is 7.06. The van der Waals surface area contributed by atoms with E-state index < -0.39 is 11.8 Å². The Labute approximate surface area is 172 Å². The lowest BCUT2D eigenvalue weighted by Crippen LogP contribution is -2.53. The first kappa shape index (κ1) is 19.3. The molecule has 7 heteroatoms. The fourth-order valence-electron chi connectivity index (χ4n) is 2.65. The van der Waals surface area contributed by atoms with E-state index in [9.17, 15) is 9.59 Å². The molecule has 0 saturated carbocycles. The molecule has 1 aliphatic rings. The largest absolute Gasteiger partial charge is 0.298 e. The number of halogens is 2. The molecule has 0 spiro atoms. The van der Waals surface area contributed by atoms with Gasteiger partial charge in [0.2, 0.25) is 0 Å². The van der Waals surface area contributed by atoms with E-state index in [1.165, 1.54) is 11.0 Å². The van der Waals surface area contributed by atoms with Gasteiger partial charge in [-0.05, 0) is 53.2 Å². The first-order valence-electron chi connectivity index (χ1n) is 7.95. The molecule has 3 rings (SSSR count). The maximum Gasteiger partial charge on any atom is 0.265 e. The van der Waals surface area contributed by atoms with Gasteiger partial charge in [-0.15, -0.1) is 6.58 Å². The molecule has 1 fully saturated rings. The van der Waals surface area contributed by atoms with E-state index in [-0.39, 0.29) is 17.2 Å². The number of carbonyl (C=O) groups excluding carboxylic acids is 2. The van der Waals surface area contributed by atoms with Crippen LogP contribution in [0.15, 0.2) is 60.7 Å².